The molecule has 1 aliphatic carbocycles. The molecule has 0 aliphatic heterocycles. The second kappa shape index (κ2) is 11.5. The Bertz CT molecular complexity index is 882. The minimum absolute atomic E-state index is 0.0386. The van der Waals surface area contributed by atoms with E-state index in [0.717, 1.165) is 36.8 Å². The number of hydrogen-bond donors (Lipinski definition) is 1. The predicted octanol–water partition coefficient (Wildman–Crippen LogP) is 5.79. The molecule has 31 heavy (non-hydrogen) atoms. The molecule has 1 fully saturated rings. The molecule has 0 spiro atoms. The molecule has 0 radical (unpaired) electrons. The SMILES string of the molecule is CCC(C(=O)NC1CCCC1)N(Cc1ccc(Cl)c(Cl)c1)C(=O)CCc1ccccc1. The van der Waals surface area contributed by atoms with Crippen LogP contribution in [-0.2, 0) is 22.6 Å². The van der Waals surface area contributed by atoms with Crippen molar-refractivity contribution < 1.29 is 9.59 Å². The molecule has 1 saturated carbocycles. The summed E-state index contributed by atoms with van der Waals surface area (Å²) in [5.74, 6) is -0.106. The highest BCUT2D eigenvalue weighted by molar-refractivity contribution is 6.42. The Morgan fingerprint density at radius 3 is 2.39 bits per heavy atom. The Kier molecular flexibility index (Phi) is 8.79. The summed E-state index contributed by atoms with van der Waals surface area (Å²) in [5, 5.41) is 4.08. The van der Waals surface area contributed by atoms with Gasteiger partial charge in [-0.1, -0.05) is 79.4 Å². The lowest BCUT2D eigenvalue weighted by atomic mass is 10.1. The van der Waals surface area contributed by atoms with Crippen molar-refractivity contribution >= 4 is 35.0 Å². The molecule has 1 atom stereocenters. The van der Waals surface area contributed by atoms with Crippen LogP contribution in [0.15, 0.2) is 48.5 Å². The largest absolute Gasteiger partial charge is 0.352 e. The number of halogens is 2. The topological polar surface area (TPSA) is 49.4 Å². The van der Waals surface area contributed by atoms with Gasteiger partial charge in [0, 0.05) is 19.0 Å². The van der Waals surface area contributed by atoms with Gasteiger partial charge < -0.3 is 10.2 Å². The first-order valence-electron chi connectivity index (χ1n) is 11.1. The zero-order chi connectivity index (χ0) is 22.2. The van der Waals surface area contributed by atoms with Crippen molar-refractivity contribution in [3.8, 4) is 0 Å². The molecule has 0 aromatic heterocycles. The number of rotatable bonds is 9. The van der Waals surface area contributed by atoms with Gasteiger partial charge in [0.15, 0.2) is 0 Å². The number of nitrogens with one attached hydrogen (secondary N) is 1. The summed E-state index contributed by atoms with van der Waals surface area (Å²) in [6, 6.07) is 15.0. The maximum Gasteiger partial charge on any atom is 0.243 e. The van der Waals surface area contributed by atoms with Crippen molar-refractivity contribution in [2.75, 3.05) is 0 Å². The summed E-state index contributed by atoms with van der Waals surface area (Å²) in [7, 11) is 0. The van der Waals surface area contributed by atoms with Crippen molar-refractivity contribution in [3.05, 3.63) is 69.7 Å². The van der Waals surface area contributed by atoms with Crippen molar-refractivity contribution in [1.29, 1.82) is 0 Å². The molecule has 1 N–H and O–H groups in total. The third-order valence-electron chi connectivity index (χ3n) is 5.89. The highest BCUT2D eigenvalue weighted by atomic mass is 35.5. The van der Waals surface area contributed by atoms with Crippen LogP contribution in [0.1, 0.15) is 56.6 Å². The Hall–Kier alpha value is -2.04. The van der Waals surface area contributed by atoms with Gasteiger partial charge in [-0.3, -0.25) is 9.59 Å². The van der Waals surface area contributed by atoms with Gasteiger partial charge in [0.2, 0.25) is 11.8 Å². The van der Waals surface area contributed by atoms with Crippen molar-refractivity contribution in [1.82, 2.24) is 10.2 Å². The second-order valence-electron chi connectivity index (χ2n) is 8.17. The first kappa shape index (κ1) is 23.6. The summed E-state index contributed by atoms with van der Waals surface area (Å²) in [6.45, 7) is 2.27. The van der Waals surface area contributed by atoms with Crippen LogP contribution >= 0.6 is 23.2 Å². The normalized spacial score (nSPS) is 14.9. The van der Waals surface area contributed by atoms with E-state index in [9.17, 15) is 9.59 Å². The van der Waals surface area contributed by atoms with Gasteiger partial charge in [0.05, 0.1) is 10.0 Å². The predicted molar refractivity (Wildman–Crippen MR) is 126 cm³/mol. The van der Waals surface area contributed by atoms with Crippen LogP contribution in [0.3, 0.4) is 0 Å². The molecule has 1 unspecified atom stereocenters. The number of benzene rings is 2. The van der Waals surface area contributed by atoms with E-state index in [-0.39, 0.29) is 17.9 Å². The Labute approximate surface area is 194 Å². The lowest BCUT2D eigenvalue weighted by molar-refractivity contribution is -0.141. The van der Waals surface area contributed by atoms with E-state index in [0.29, 0.717) is 35.9 Å². The maximum atomic E-state index is 13.3. The molecule has 0 heterocycles. The molecular weight excluding hydrogens is 431 g/mol. The highest BCUT2D eigenvalue weighted by Gasteiger charge is 2.30. The molecule has 2 aromatic rings. The van der Waals surface area contributed by atoms with E-state index in [4.69, 9.17) is 23.2 Å². The number of aryl methyl sites for hydroxylation is 1. The van der Waals surface area contributed by atoms with E-state index >= 15 is 0 Å². The van der Waals surface area contributed by atoms with Crippen LogP contribution in [-0.4, -0.2) is 28.8 Å². The Balaban J connectivity index is 1.77. The molecule has 166 valence electrons. The monoisotopic (exact) mass is 460 g/mol. The Morgan fingerprint density at radius 2 is 1.74 bits per heavy atom. The number of carbonyl (C=O) groups excluding carboxylic acids is 2. The average molecular weight is 461 g/mol. The molecule has 4 nitrogen and oxygen atoms in total. The molecule has 6 heteroatoms. The zero-order valence-corrected chi connectivity index (χ0v) is 19.5. The van der Waals surface area contributed by atoms with Gasteiger partial charge >= 0.3 is 0 Å². The standard InChI is InChI=1S/C25H30Cl2N2O2/c1-2-23(25(31)28-20-10-6-7-11-20)29(17-19-12-14-21(26)22(27)16-19)24(30)15-13-18-8-4-3-5-9-18/h3-5,8-9,12,14,16,20,23H,2,6-7,10-11,13,15,17H2,1H3,(H,28,31). The van der Waals surface area contributed by atoms with Crippen LogP contribution in [0.5, 0.6) is 0 Å². The van der Waals surface area contributed by atoms with Gasteiger partial charge in [0.25, 0.3) is 0 Å². The van der Waals surface area contributed by atoms with Crippen molar-refractivity contribution in [3.63, 3.8) is 0 Å². The summed E-state index contributed by atoms with van der Waals surface area (Å²) in [4.78, 5) is 28.1. The second-order valence-corrected chi connectivity index (χ2v) is 8.98. The summed E-state index contributed by atoms with van der Waals surface area (Å²) < 4.78 is 0. The molecule has 2 aromatic carbocycles. The van der Waals surface area contributed by atoms with Gasteiger partial charge in [-0.25, -0.2) is 0 Å². The molecule has 3 rings (SSSR count). The molecule has 2 amide bonds. The zero-order valence-electron chi connectivity index (χ0n) is 17.9. The summed E-state index contributed by atoms with van der Waals surface area (Å²) >= 11 is 12.2. The van der Waals surface area contributed by atoms with Crippen LogP contribution in [0.4, 0.5) is 0 Å². The minimum Gasteiger partial charge on any atom is -0.352 e. The van der Waals surface area contributed by atoms with Crippen LogP contribution in [0.25, 0.3) is 0 Å². The maximum absolute atomic E-state index is 13.3. The molecule has 1 aliphatic rings. The van der Waals surface area contributed by atoms with Gasteiger partial charge in [-0.15, -0.1) is 0 Å². The van der Waals surface area contributed by atoms with E-state index in [1.54, 1.807) is 17.0 Å². The molecular formula is C25H30Cl2N2O2. The van der Waals surface area contributed by atoms with Gasteiger partial charge in [0.1, 0.15) is 6.04 Å². The van der Waals surface area contributed by atoms with Crippen LogP contribution < -0.4 is 5.32 Å². The fourth-order valence-electron chi connectivity index (χ4n) is 4.16. The van der Waals surface area contributed by atoms with Gasteiger partial charge in [-0.2, -0.15) is 0 Å². The lowest BCUT2D eigenvalue weighted by Crippen LogP contribution is -2.51. The number of nitrogens with zero attached hydrogens (tertiary/aromatic N) is 1. The van der Waals surface area contributed by atoms with Crippen LogP contribution in [0.2, 0.25) is 10.0 Å². The quantitative estimate of drug-likeness (QED) is 0.514. The number of amides is 2. The first-order chi connectivity index (χ1) is 15.0. The number of hydrogen-bond acceptors (Lipinski definition) is 2. The summed E-state index contributed by atoms with van der Waals surface area (Å²) in [6.07, 6.45) is 5.84. The highest BCUT2D eigenvalue weighted by Crippen LogP contribution is 2.25. The third kappa shape index (κ3) is 6.72. The van der Waals surface area contributed by atoms with Crippen LogP contribution in [0, 0.1) is 0 Å². The molecule has 0 saturated heterocycles. The fraction of sp³-hybridized carbons (Fsp3) is 0.440. The van der Waals surface area contributed by atoms with E-state index in [2.05, 4.69) is 5.32 Å². The lowest BCUT2D eigenvalue weighted by Gasteiger charge is -2.31. The van der Waals surface area contributed by atoms with Gasteiger partial charge in [-0.05, 0) is 48.9 Å². The molecule has 0 bridgehead atoms. The average Bonchev–Trinajstić information content (AvgIpc) is 3.28. The van der Waals surface area contributed by atoms with E-state index in [1.807, 2.05) is 43.3 Å². The van der Waals surface area contributed by atoms with Crippen molar-refractivity contribution in [2.24, 2.45) is 0 Å². The number of carbonyl (C=O) groups is 2. The third-order valence-corrected chi connectivity index (χ3v) is 6.63. The minimum atomic E-state index is -0.515. The first-order valence-corrected chi connectivity index (χ1v) is 11.8. The Morgan fingerprint density at radius 1 is 1.03 bits per heavy atom. The summed E-state index contributed by atoms with van der Waals surface area (Å²) in [5.41, 5.74) is 1.96. The van der Waals surface area contributed by atoms with Crippen molar-refractivity contribution in [2.45, 2.75) is 70.5 Å². The van der Waals surface area contributed by atoms with E-state index in [1.165, 1.54) is 0 Å². The fourth-order valence-corrected chi connectivity index (χ4v) is 4.48. The smallest absolute Gasteiger partial charge is 0.243 e. The van der Waals surface area contributed by atoms with E-state index < -0.39 is 6.04 Å².